The van der Waals surface area contributed by atoms with Crippen LogP contribution >= 0.6 is 0 Å². The Morgan fingerprint density at radius 1 is 0.824 bits per heavy atom. The molecule has 0 N–H and O–H groups in total. The van der Waals surface area contributed by atoms with Gasteiger partial charge in [-0.25, -0.2) is 0 Å². The van der Waals surface area contributed by atoms with E-state index in [9.17, 15) is 0 Å². The molecule has 0 aliphatic heterocycles. The minimum absolute atomic E-state index is 1.10. The van der Waals surface area contributed by atoms with E-state index >= 15 is 0 Å². The summed E-state index contributed by atoms with van der Waals surface area (Å²) in [5.41, 5.74) is 5.37. The van der Waals surface area contributed by atoms with E-state index < -0.39 is 0 Å². The first kappa shape index (κ1) is 10.3. The van der Waals surface area contributed by atoms with Gasteiger partial charge in [0.05, 0.1) is 5.92 Å². The molecule has 0 heteroatoms. The summed E-state index contributed by atoms with van der Waals surface area (Å²) in [6.45, 7) is 2.19. The topological polar surface area (TPSA) is 0 Å². The summed E-state index contributed by atoms with van der Waals surface area (Å²) in [6, 6.07) is 17.4. The number of hydrogen-bond acceptors (Lipinski definition) is 0. The molecule has 2 aromatic rings. The summed E-state index contributed by atoms with van der Waals surface area (Å²) in [4.78, 5) is 0. The molecule has 3 rings (SSSR count). The Bertz CT molecular complexity index is 547. The van der Waals surface area contributed by atoms with Gasteiger partial charge in [-0.15, -0.1) is 0 Å². The Hall–Kier alpha value is -1.82. The molecule has 0 bridgehead atoms. The molecule has 1 radical (unpaired) electrons. The molecule has 0 amide bonds. The number of aryl methyl sites for hydroxylation is 1. The average Bonchev–Trinajstić information content (AvgIpc) is 2.83. The van der Waals surface area contributed by atoms with E-state index in [2.05, 4.69) is 67.6 Å². The molecule has 0 nitrogen and oxygen atoms in total. The lowest BCUT2D eigenvalue weighted by Gasteiger charge is -2.11. The van der Waals surface area contributed by atoms with Crippen LogP contribution in [0.3, 0.4) is 0 Å². The van der Waals surface area contributed by atoms with Crippen LogP contribution in [0.4, 0.5) is 0 Å². The highest BCUT2D eigenvalue weighted by molar-refractivity contribution is 5.73. The standard InChI is InChI=1S/C17H15/c1-2-13-7-9-15(10-8-13)17-12-11-14-5-3-4-6-16(14)17/h3-12H,2H2,1H3. The third kappa shape index (κ3) is 1.80. The van der Waals surface area contributed by atoms with Gasteiger partial charge in [0.25, 0.3) is 0 Å². The lowest BCUT2D eigenvalue weighted by Crippen LogP contribution is -1.96. The quantitative estimate of drug-likeness (QED) is 0.708. The SMILES string of the molecule is CCc1ccc([C]2C=Cc3ccccc32)cc1. The van der Waals surface area contributed by atoms with Crippen molar-refractivity contribution in [1.29, 1.82) is 0 Å². The molecule has 2 aromatic carbocycles. The zero-order valence-corrected chi connectivity index (χ0v) is 9.98. The summed E-state index contributed by atoms with van der Waals surface area (Å²) in [7, 11) is 0. The molecule has 0 aromatic heterocycles. The van der Waals surface area contributed by atoms with Crippen molar-refractivity contribution in [1.82, 2.24) is 0 Å². The minimum Gasteiger partial charge on any atom is -0.0674 e. The third-order valence-electron chi connectivity index (χ3n) is 3.35. The minimum atomic E-state index is 1.10. The third-order valence-corrected chi connectivity index (χ3v) is 3.35. The molecule has 0 heterocycles. The smallest absolute Gasteiger partial charge is 0.0563 e. The van der Waals surface area contributed by atoms with Crippen LogP contribution in [0.5, 0.6) is 0 Å². The maximum atomic E-state index is 2.22. The molecule has 83 valence electrons. The van der Waals surface area contributed by atoms with E-state index in [1.54, 1.807) is 0 Å². The Labute approximate surface area is 103 Å². The predicted molar refractivity (Wildman–Crippen MR) is 72.7 cm³/mol. The second kappa shape index (κ2) is 4.21. The highest BCUT2D eigenvalue weighted by atomic mass is 14.2. The fraction of sp³-hybridized carbons (Fsp3) is 0.118. The Morgan fingerprint density at radius 3 is 2.35 bits per heavy atom. The van der Waals surface area contributed by atoms with E-state index in [1.807, 2.05) is 0 Å². The van der Waals surface area contributed by atoms with Crippen LogP contribution < -0.4 is 0 Å². The van der Waals surface area contributed by atoms with Gasteiger partial charge in [0, 0.05) is 0 Å². The number of rotatable bonds is 2. The lowest BCUT2D eigenvalue weighted by atomic mass is 9.92. The van der Waals surface area contributed by atoms with Gasteiger partial charge < -0.3 is 0 Å². The first-order valence-electron chi connectivity index (χ1n) is 6.12. The van der Waals surface area contributed by atoms with E-state index in [0.717, 1.165) is 6.42 Å². The first-order chi connectivity index (χ1) is 8.38. The number of fused-ring (bicyclic) bond motifs is 1. The van der Waals surface area contributed by atoms with Crippen LogP contribution in [0.1, 0.15) is 29.2 Å². The van der Waals surface area contributed by atoms with Gasteiger partial charge in [-0.3, -0.25) is 0 Å². The van der Waals surface area contributed by atoms with Crippen molar-refractivity contribution in [2.75, 3.05) is 0 Å². The van der Waals surface area contributed by atoms with Crippen molar-refractivity contribution in [2.24, 2.45) is 0 Å². The van der Waals surface area contributed by atoms with Crippen LogP contribution in [0.25, 0.3) is 6.08 Å². The highest BCUT2D eigenvalue weighted by Gasteiger charge is 2.18. The van der Waals surface area contributed by atoms with Crippen molar-refractivity contribution in [2.45, 2.75) is 13.3 Å². The fourth-order valence-corrected chi connectivity index (χ4v) is 2.32. The molecule has 0 unspecified atom stereocenters. The zero-order chi connectivity index (χ0) is 11.7. The number of allylic oxidation sites excluding steroid dienone is 1. The molecule has 0 atom stereocenters. The summed E-state index contributed by atoms with van der Waals surface area (Å²) in [6.07, 6.45) is 5.51. The highest BCUT2D eigenvalue weighted by Crippen LogP contribution is 2.34. The maximum Gasteiger partial charge on any atom is 0.0563 e. The Kier molecular flexibility index (Phi) is 2.56. The van der Waals surface area contributed by atoms with Gasteiger partial charge in [-0.2, -0.15) is 0 Å². The predicted octanol–water partition coefficient (Wildman–Crippen LogP) is 4.25. The van der Waals surface area contributed by atoms with Crippen LogP contribution in [-0.2, 0) is 6.42 Å². The molecule has 0 fully saturated rings. The largest absolute Gasteiger partial charge is 0.0674 e. The van der Waals surface area contributed by atoms with Crippen LogP contribution in [0.2, 0.25) is 0 Å². The summed E-state index contributed by atoms with van der Waals surface area (Å²) in [5, 5.41) is 0. The van der Waals surface area contributed by atoms with Gasteiger partial charge >= 0.3 is 0 Å². The van der Waals surface area contributed by atoms with Crippen molar-refractivity contribution in [3.05, 3.63) is 82.8 Å². The second-order valence-electron chi connectivity index (χ2n) is 4.38. The summed E-state index contributed by atoms with van der Waals surface area (Å²) in [5.74, 6) is 1.34. The van der Waals surface area contributed by atoms with Crippen molar-refractivity contribution < 1.29 is 0 Å². The fourth-order valence-electron chi connectivity index (χ4n) is 2.32. The second-order valence-corrected chi connectivity index (χ2v) is 4.38. The molecule has 0 saturated carbocycles. The molecular weight excluding hydrogens is 204 g/mol. The lowest BCUT2D eigenvalue weighted by molar-refractivity contribution is 1.13. The Balaban J connectivity index is 1.98. The van der Waals surface area contributed by atoms with E-state index in [-0.39, 0.29) is 0 Å². The van der Waals surface area contributed by atoms with E-state index in [1.165, 1.54) is 28.2 Å². The summed E-state index contributed by atoms with van der Waals surface area (Å²) >= 11 is 0. The van der Waals surface area contributed by atoms with Crippen molar-refractivity contribution in [3.63, 3.8) is 0 Å². The average molecular weight is 219 g/mol. The van der Waals surface area contributed by atoms with Gasteiger partial charge in [0.15, 0.2) is 0 Å². The van der Waals surface area contributed by atoms with Gasteiger partial charge in [-0.05, 0) is 28.7 Å². The van der Waals surface area contributed by atoms with Crippen LogP contribution in [0, 0.1) is 5.92 Å². The normalized spacial score (nSPS) is 13.9. The van der Waals surface area contributed by atoms with Crippen LogP contribution in [0.15, 0.2) is 54.6 Å². The molecule has 1 aliphatic rings. The van der Waals surface area contributed by atoms with Crippen molar-refractivity contribution >= 4 is 6.08 Å². The van der Waals surface area contributed by atoms with Gasteiger partial charge in [0.1, 0.15) is 0 Å². The molecule has 0 saturated heterocycles. The maximum absolute atomic E-state index is 2.22. The van der Waals surface area contributed by atoms with E-state index in [0.29, 0.717) is 0 Å². The number of hydrogen-bond donors (Lipinski definition) is 0. The Morgan fingerprint density at radius 2 is 1.59 bits per heavy atom. The van der Waals surface area contributed by atoms with E-state index in [4.69, 9.17) is 0 Å². The van der Waals surface area contributed by atoms with Crippen LogP contribution in [-0.4, -0.2) is 0 Å². The summed E-state index contributed by atoms with van der Waals surface area (Å²) < 4.78 is 0. The zero-order valence-electron chi connectivity index (χ0n) is 9.98. The first-order valence-corrected chi connectivity index (χ1v) is 6.12. The molecule has 0 spiro atoms. The van der Waals surface area contributed by atoms with Gasteiger partial charge in [-0.1, -0.05) is 67.6 Å². The molecular formula is C17H15. The monoisotopic (exact) mass is 219 g/mol. The van der Waals surface area contributed by atoms with Gasteiger partial charge in [0.2, 0.25) is 0 Å². The molecule has 1 aliphatic carbocycles. The molecule has 17 heavy (non-hydrogen) atoms. The van der Waals surface area contributed by atoms with Crippen molar-refractivity contribution in [3.8, 4) is 0 Å². The number of benzene rings is 2.